The van der Waals surface area contributed by atoms with Crippen molar-refractivity contribution in [1.82, 2.24) is 0 Å². The minimum Gasteiger partial charge on any atom is -0.197 e. The predicted molar refractivity (Wildman–Crippen MR) is 59.5 cm³/mol. The molecule has 1 aromatic carbocycles. The van der Waals surface area contributed by atoms with Crippen LogP contribution in [0.2, 0.25) is 10.0 Å². The summed E-state index contributed by atoms with van der Waals surface area (Å²) in [6, 6.07) is 8.96. The summed E-state index contributed by atoms with van der Waals surface area (Å²) in [6.45, 7) is 1.58. The van der Waals surface area contributed by atoms with E-state index in [2.05, 4.69) is 0 Å². The molecule has 0 N–H and O–H groups in total. The zero-order valence-corrected chi connectivity index (χ0v) is 9.60. The Kier molecular flexibility index (Phi) is 3.58. The Hall–Kier alpha value is -1.22. The first-order valence-electron chi connectivity index (χ1n) is 4.27. The molecule has 0 saturated carbocycles. The second kappa shape index (κ2) is 4.53. The maximum absolute atomic E-state index is 8.85. The van der Waals surface area contributed by atoms with Crippen LogP contribution in [-0.4, -0.2) is 0 Å². The maximum atomic E-state index is 8.85. The van der Waals surface area contributed by atoms with Gasteiger partial charge in [-0.15, -0.1) is 0 Å². The molecule has 0 spiro atoms. The summed E-state index contributed by atoms with van der Waals surface area (Å²) in [6.07, 6.45) is 0.302. The minimum atomic E-state index is -1.04. The lowest BCUT2D eigenvalue weighted by Crippen LogP contribution is -2.14. The Balaban J connectivity index is 3.02. The topological polar surface area (TPSA) is 47.6 Å². The fraction of sp³-hybridized carbons (Fsp3) is 0.273. The monoisotopic (exact) mass is 238 g/mol. The van der Waals surface area contributed by atoms with Crippen LogP contribution in [0.5, 0.6) is 0 Å². The number of nitriles is 2. The third-order valence-electron chi connectivity index (χ3n) is 2.05. The summed E-state index contributed by atoms with van der Waals surface area (Å²) in [5.74, 6) is 0. The fourth-order valence-corrected chi connectivity index (χ4v) is 1.63. The quantitative estimate of drug-likeness (QED) is 0.791. The van der Waals surface area contributed by atoms with E-state index in [0.29, 0.717) is 16.5 Å². The Morgan fingerprint density at radius 3 is 2.33 bits per heavy atom. The molecule has 0 bridgehead atoms. The molecule has 4 heteroatoms. The van der Waals surface area contributed by atoms with Crippen LogP contribution in [0.3, 0.4) is 0 Å². The third-order valence-corrected chi connectivity index (χ3v) is 2.64. The number of benzene rings is 1. The minimum absolute atomic E-state index is 0.302. The second-order valence-corrected chi connectivity index (χ2v) is 4.31. The number of hydrogen-bond acceptors (Lipinski definition) is 2. The van der Waals surface area contributed by atoms with Crippen LogP contribution in [0.25, 0.3) is 0 Å². The summed E-state index contributed by atoms with van der Waals surface area (Å²) in [7, 11) is 0. The lowest BCUT2D eigenvalue weighted by atomic mass is 9.87. The van der Waals surface area contributed by atoms with Gasteiger partial charge in [0.05, 0.1) is 12.1 Å². The highest BCUT2D eigenvalue weighted by molar-refractivity contribution is 6.35. The molecule has 0 aliphatic heterocycles. The predicted octanol–water partition coefficient (Wildman–Crippen LogP) is 3.59. The van der Waals surface area contributed by atoms with Gasteiger partial charge in [0.15, 0.2) is 0 Å². The van der Waals surface area contributed by atoms with Crippen molar-refractivity contribution in [2.75, 3.05) is 0 Å². The molecule has 0 amide bonds. The number of nitrogens with zero attached hydrogens (tertiary/aromatic N) is 2. The first-order valence-corrected chi connectivity index (χ1v) is 5.03. The summed E-state index contributed by atoms with van der Waals surface area (Å²) < 4.78 is 0. The van der Waals surface area contributed by atoms with Crippen LogP contribution in [0.4, 0.5) is 0 Å². The van der Waals surface area contributed by atoms with E-state index in [4.69, 9.17) is 33.7 Å². The van der Waals surface area contributed by atoms with Crippen LogP contribution >= 0.6 is 23.2 Å². The number of halogens is 2. The van der Waals surface area contributed by atoms with Crippen LogP contribution in [0, 0.1) is 28.1 Å². The van der Waals surface area contributed by atoms with E-state index in [1.54, 1.807) is 25.1 Å². The van der Waals surface area contributed by atoms with E-state index in [-0.39, 0.29) is 0 Å². The van der Waals surface area contributed by atoms with Gasteiger partial charge >= 0.3 is 0 Å². The largest absolute Gasteiger partial charge is 0.197 e. The summed E-state index contributed by atoms with van der Waals surface area (Å²) >= 11 is 11.7. The van der Waals surface area contributed by atoms with Gasteiger partial charge in [0.25, 0.3) is 0 Å². The molecule has 2 nitrogen and oxygen atoms in total. The molecule has 0 fully saturated rings. The Morgan fingerprint density at radius 2 is 1.87 bits per heavy atom. The average molecular weight is 239 g/mol. The van der Waals surface area contributed by atoms with Crippen LogP contribution in [0.1, 0.15) is 12.5 Å². The lowest BCUT2D eigenvalue weighted by molar-refractivity contribution is 0.581. The SMILES string of the molecule is CC(C#N)(C#N)Cc1ccc(Cl)cc1Cl. The lowest BCUT2D eigenvalue weighted by Gasteiger charge is -2.13. The number of rotatable bonds is 2. The molecule has 1 aromatic rings. The van der Waals surface area contributed by atoms with Crippen molar-refractivity contribution >= 4 is 23.2 Å². The highest BCUT2D eigenvalue weighted by atomic mass is 35.5. The number of hydrogen-bond donors (Lipinski definition) is 0. The Labute approximate surface area is 98.6 Å². The molecule has 0 aliphatic carbocycles. The van der Waals surface area contributed by atoms with E-state index in [1.165, 1.54) is 0 Å². The van der Waals surface area contributed by atoms with Gasteiger partial charge in [-0.1, -0.05) is 29.3 Å². The van der Waals surface area contributed by atoms with Crippen molar-refractivity contribution in [2.24, 2.45) is 5.41 Å². The first-order chi connectivity index (χ1) is 7.00. The molecule has 0 heterocycles. The summed E-state index contributed by atoms with van der Waals surface area (Å²) in [4.78, 5) is 0. The molecule has 0 aromatic heterocycles. The molecule has 0 unspecified atom stereocenters. The zero-order valence-electron chi connectivity index (χ0n) is 8.09. The van der Waals surface area contributed by atoms with Crippen molar-refractivity contribution in [3.05, 3.63) is 33.8 Å². The average Bonchev–Trinajstić information content (AvgIpc) is 2.22. The molecular formula is C11H8Cl2N2. The normalized spacial score (nSPS) is 10.5. The van der Waals surface area contributed by atoms with Gasteiger partial charge in [0.2, 0.25) is 0 Å². The van der Waals surface area contributed by atoms with Crippen LogP contribution in [0.15, 0.2) is 18.2 Å². The molecule has 0 aliphatic rings. The highest BCUT2D eigenvalue weighted by Gasteiger charge is 2.24. The van der Waals surface area contributed by atoms with Crippen molar-refractivity contribution in [3.8, 4) is 12.1 Å². The van der Waals surface area contributed by atoms with Gasteiger partial charge in [0.1, 0.15) is 5.41 Å². The maximum Gasteiger partial charge on any atom is 0.145 e. The van der Waals surface area contributed by atoms with Gasteiger partial charge in [-0.2, -0.15) is 10.5 Å². The van der Waals surface area contributed by atoms with Crippen LogP contribution in [-0.2, 0) is 6.42 Å². The van der Waals surface area contributed by atoms with E-state index in [0.717, 1.165) is 5.56 Å². The highest BCUT2D eigenvalue weighted by Crippen LogP contribution is 2.27. The van der Waals surface area contributed by atoms with Crippen molar-refractivity contribution in [3.63, 3.8) is 0 Å². The van der Waals surface area contributed by atoms with Crippen molar-refractivity contribution in [2.45, 2.75) is 13.3 Å². The van der Waals surface area contributed by atoms with Crippen molar-refractivity contribution < 1.29 is 0 Å². The molecule has 0 radical (unpaired) electrons. The Bertz CT molecular complexity index is 441. The van der Waals surface area contributed by atoms with Gasteiger partial charge in [-0.25, -0.2) is 0 Å². The molecule has 15 heavy (non-hydrogen) atoms. The molecular weight excluding hydrogens is 231 g/mol. The molecule has 0 atom stereocenters. The summed E-state index contributed by atoms with van der Waals surface area (Å²) in [5.41, 5.74) is -0.288. The molecule has 76 valence electrons. The first kappa shape index (κ1) is 11.9. The van der Waals surface area contributed by atoms with Gasteiger partial charge in [-0.05, 0) is 24.6 Å². The smallest absolute Gasteiger partial charge is 0.145 e. The van der Waals surface area contributed by atoms with Gasteiger partial charge < -0.3 is 0 Å². The van der Waals surface area contributed by atoms with E-state index < -0.39 is 5.41 Å². The standard InChI is InChI=1S/C11H8Cl2N2/c1-11(6-14,7-15)5-8-2-3-9(12)4-10(8)13/h2-4H,5H2,1H3. The fourth-order valence-electron chi connectivity index (χ4n) is 1.15. The molecule has 1 rings (SSSR count). The van der Waals surface area contributed by atoms with Gasteiger partial charge in [0, 0.05) is 16.5 Å². The van der Waals surface area contributed by atoms with E-state index >= 15 is 0 Å². The Morgan fingerprint density at radius 1 is 1.27 bits per heavy atom. The van der Waals surface area contributed by atoms with E-state index in [1.807, 2.05) is 12.1 Å². The second-order valence-electron chi connectivity index (χ2n) is 3.47. The zero-order chi connectivity index (χ0) is 11.5. The molecule has 0 saturated heterocycles. The van der Waals surface area contributed by atoms with Gasteiger partial charge in [-0.3, -0.25) is 0 Å². The van der Waals surface area contributed by atoms with Crippen molar-refractivity contribution in [1.29, 1.82) is 10.5 Å². The van der Waals surface area contributed by atoms with E-state index in [9.17, 15) is 0 Å². The summed E-state index contributed by atoms with van der Waals surface area (Å²) in [5, 5.41) is 18.7. The third kappa shape index (κ3) is 2.86. The van der Waals surface area contributed by atoms with Crippen LogP contribution < -0.4 is 0 Å².